The van der Waals surface area contributed by atoms with E-state index in [0.29, 0.717) is 41.6 Å². The van der Waals surface area contributed by atoms with Crippen molar-refractivity contribution in [3.8, 4) is 0 Å². The van der Waals surface area contributed by atoms with Crippen molar-refractivity contribution < 1.29 is 22.7 Å². The summed E-state index contributed by atoms with van der Waals surface area (Å²) in [6.45, 7) is 5.37. The van der Waals surface area contributed by atoms with E-state index in [4.69, 9.17) is 4.74 Å². The maximum atomic E-state index is 13.0. The minimum Gasteiger partial charge on any atom is -0.465 e. The third kappa shape index (κ3) is 4.89. The van der Waals surface area contributed by atoms with Crippen LogP contribution in [-0.2, 0) is 19.6 Å². The van der Waals surface area contributed by atoms with Gasteiger partial charge in [-0.05, 0) is 36.9 Å². The van der Waals surface area contributed by atoms with Crippen molar-refractivity contribution in [1.29, 1.82) is 0 Å². The van der Waals surface area contributed by atoms with Gasteiger partial charge < -0.3 is 10.1 Å². The number of carbonyl (C=O) groups is 2. The van der Waals surface area contributed by atoms with E-state index < -0.39 is 16.0 Å². The number of aryl methyl sites for hydroxylation is 2. The van der Waals surface area contributed by atoms with Gasteiger partial charge in [0.2, 0.25) is 15.9 Å². The molecule has 0 spiro atoms. The number of carbonyl (C=O) groups excluding carboxylic acids is 2. The Bertz CT molecular complexity index is 1040. The molecular weight excluding hydrogens is 426 g/mol. The predicted octanol–water partition coefficient (Wildman–Crippen LogP) is 2.10. The SMILES string of the molecule is COC(=O)c1sccc1NC(=O)CN1CCN(S(=O)(=O)c2ccc(C)cc2C)CC1. The van der Waals surface area contributed by atoms with Crippen LogP contribution in [-0.4, -0.2) is 69.3 Å². The molecule has 1 fully saturated rings. The summed E-state index contributed by atoms with van der Waals surface area (Å²) in [5.74, 6) is -0.755. The highest BCUT2D eigenvalue weighted by Gasteiger charge is 2.30. The molecule has 1 amide bonds. The number of esters is 1. The minimum absolute atomic E-state index is 0.119. The predicted molar refractivity (Wildman–Crippen MR) is 115 cm³/mol. The van der Waals surface area contributed by atoms with E-state index >= 15 is 0 Å². The highest BCUT2D eigenvalue weighted by Crippen LogP contribution is 2.24. The second kappa shape index (κ2) is 9.25. The monoisotopic (exact) mass is 451 g/mol. The van der Waals surface area contributed by atoms with Gasteiger partial charge in [0.05, 0.1) is 24.2 Å². The number of anilines is 1. The molecule has 2 aromatic rings. The Morgan fingerprint density at radius 3 is 2.47 bits per heavy atom. The molecule has 0 bridgehead atoms. The van der Waals surface area contributed by atoms with Gasteiger partial charge in [-0.1, -0.05) is 17.7 Å². The van der Waals surface area contributed by atoms with Gasteiger partial charge in [-0.3, -0.25) is 9.69 Å². The van der Waals surface area contributed by atoms with Crippen molar-refractivity contribution in [1.82, 2.24) is 9.21 Å². The lowest BCUT2D eigenvalue weighted by atomic mass is 10.2. The van der Waals surface area contributed by atoms with Gasteiger partial charge in [0.15, 0.2) is 0 Å². The first-order chi connectivity index (χ1) is 14.2. The molecule has 162 valence electrons. The summed E-state index contributed by atoms with van der Waals surface area (Å²) < 4.78 is 32.1. The molecule has 1 aromatic carbocycles. The van der Waals surface area contributed by atoms with Gasteiger partial charge in [-0.25, -0.2) is 13.2 Å². The van der Waals surface area contributed by atoms with Crippen LogP contribution >= 0.6 is 11.3 Å². The number of amides is 1. The molecule has 1 aliphatic rings. The normalized spacial score (nSPS) is 15.7. The lowest BCUT2D eigenvalue weighted by Crippen LogP contribution is -2.50. The first-order valence-corrected chi connectivity index (χ1v) is 11.8. The van der Waals surface area contributed by atoms with Crippen LogP contribution in [0.2, 0.25) is 0 Å². The van der Waals surface area contributed by atoms with Crippen molar-refractivity contribution >= 4 is 38.9 Å². The minimum atomic E-state index is -3.56. The fraction of sp³-hybridized carbons (Fsp3) is 0.400. The van der Waals surface area contributed by atoms with Gasteiger partial charge in [0.25, 0.3) is 0 Å². The van der Waals surface area contributed by atoms with Gasteiger partial charge in [-0.15, -0.1) is 11.3 Å². The lowest BCUT2D eigenvalue weighted by Gasteiger charge is -2.33. The molecule has 0 aliphatic carbocycles. The summed E-state index contributed by atoms with van der Waals surface area (Å²) in [7, 11) is -2.27. The zero-order valence-electron chi connectivity index (χ0n) is 17.2. The molecule has 1 aliphatic heterocycles. The standard InChI is InChI=1S/C20H25N3O5S2/c1-14-4-5-17(15(2)12-14)30(26,27)23-9-7-22(8-10-23)13-18(24)21-16-6-11-29-19(16)20(25)28-3/h4-6,11-12H,7-10,13H2,1-3H3,(H,21,24). The van der Waals surface area contributed by atoms with Crippen LogP contribution in [0.1, 0.15) is 20.8 Å². The van der Waals surface area contributed by atoms with Crippen molar-refractivity contribution in [2.75, 3.05) is 45.2 Å². The Kier molecular flexibility index (Phi) is 6.91. The zero-order chi connectivity index (χ0) is 21.9. The summed E-state index contributed by atoms with van der Waals surface area (Å²) in [4.78, 5) is 26.7. The van der Waals surface area contributed by atoms with Crippen molar-refractivity contribution in [2.24, 2.45) is 0 Å². The van der Waals surface area contributed by atoms with E-state index in [0.717, 1.165) is 11.1 Å². The molecule has 0 saturated carbocycles. The van der Waals surface area contributed by atoms with Crippen LogP contribution in [0.3, 0.4) is 0 Å². The second-order valence-electron chi connectivity index (χ2n) is 7.15. The van der Waals surface area contributed by atoms with Crippen LogP contribution in [0, 0.1) is 13.8 Å². The maximum Gasteiger partial charge on any atom is 0.350 e. The Labute approximate surface area is 180 Å². The summed E-state index contributed by atoms with van der Waals surface area (Å²) in [5.41, 5.74) is 2.17. The van der Waals surface area contributed by atoms with Crippen LogP contribution < -0.4 is 5.32 Å². The van der Waals surface area contributed by atoms with Crippen LogP contribution in [0.25, 0.3) is 0 Å². The Hall–Kier alpha value is -2.27. The summed E-state index contributed by atoms with van der Waals surface area (Å²) in [6, 6.07) is 6.97. The highest BCUT2D eigenvalue weighted by molar-refractivity contribution is 7.89. The summed E-state index contributed by atoms with van der Waals surface area (Å²) in [6.07, 6.45) is 0. The van der Waals surface area contributed by atoms with Crippen molar-refractivity contribution in [3.05, 3.63) is 45.6 Å². The number of nitrogens with zero attached hydrogens (tertiary/aromatic N) is 2. The van der Waals surface area contributed by atoms with Crippen molar-refractivity contribution in [3.63, 3.8) is 0 Å². The molecule has 0 radical (unpaired) electrons. The average molecular weight is 452 g/mol. The number of hydrogen-bond acceptors (Lipinski definition) is 7. The van der Waals surface area contributed by atoms with Crippen molar-refractivity contribution in [2.45, 2.75) is 18.7 Å². The third-order valence-corrected chi connectivity index (χ3v) is 7.91. The molecule has 1 saturated heterocycles. The largest absolute Gasteiger partial charge is 0.465 e. The number of thiophene rings is 1. The zero-order valence-corrected chi connectivity index (χ0v) is 18.8. The van der Waals surface area contributed by atoms with Gasteiger partial charge in [-0.2, -0.15) is 4.31 Å². The highest BCUT2D eigenvalue weighted by atomic mass is 32.2. The maximum absolute atomic E-state index is 13.0. The van der Waals surface area contributed by atoms with E-state index in [9.17, 15) is 18.0 Å². The lowest BCUT2D eigenvalue weighted by molar-refractivity contribution is -0.117. The van der Waals surface area contributed by atoms with E-state index in [1.807, 2.05) is 17.9 Å². The fourth-order valence-electron chi connectivity index (χ4n) is 3.41. The average Bonchev–Trinajstić information content (AvgIpc) is 3.15. The molecule has 1 aromatic heterocycles. The second-order valence-corrected chi connectivity index (χ2v) is 9.97. The summed E-state index contributed by atoms with van der Waals surface area (Å²) >= 11 is 1.20. The Morgan fingerprint density at radius 2 is 1.83 bits per heavy atom. The Balaban J connectivity index is 1.57. The van der Waals surface area contributed by atoms with Gasteiger partial charge >= 0.3 is 5.97 Å². The topological polar surface area (TPSA) is 96.0 Å². The molecular formula is C20H25N3O5S2. The number of rotatable bonds is 6. The number of benzene rings is 1. The number of hydrogen-bond donors (Lipinski definition) is 1. The molecule has 10 heteroatoms. The quantitative estimate of drug-likeness (QED) is 0.676. The first kappa shape index (κ1) is 22.4. The molecule has 2 heterocycles. The van der Waals surface area contributed by atoms with E-state index in [1.165, 1.54) is 22.8 Å². The van der Waals surface area contributed by atoms with Crippen LogP contribution in [0.15, 0.2) is 34.5 Å². The molecule has 0 unspecified atom stereocenters. The number of piperazine rings is 1. The molecule has 3 rings (SSSR count). The number of sulfonamides is 1. The third-order valence-electron chi connectivity index (χ3n) is 4.96. The van der Waals surface area contributed by atoms with E-state index in [-0.39, 0.29) is 12.5 Å². The van der Waals surface area contributed by atoms with E-state index in [2.05, 4.69) is 5.32 Å². The summed E-state index contributed by atoms with van der Waals surface area (Å²) in [5, 5.41) is 4.44. The number of methoxy groups -OCH3 is 1. The van der Waals surface area contributed by atoms with Crippen LogP contribution in [0.4, 0.5) is 5.69 Å². The first-order valence-electron chi connectivity index (χ1n) is 9.48. The van der Waals surface area contributed by atoms with E-state index in [1.54, 1.807) is 30.5 Å². The number of ether oxygens (including phenoxy) is 1. The molecule has 30 heavy (non-hydrogen) atoms. The molecule has 8 nitrogen and oxygen atoms in total. The Morgan fingerprint density at radius 1 is 1.13 bits per heavy atom. The van der Waals surface area contributed by atoms with Gasteiger partial charge in [0, 0.05) is 26.2 Å². The molecule has 1 N–H and O–H groups in total. The fourth-order valence-corrected chi connectivity index (χ4v) is 5.80. The van der Waals surface area contributed by atoms with Crippen LogP contribution in [0.5, 0.6) is 0 Å². The molecule has 0 atom stereocenters. The van der Waals surface area contributed by atoms with Gasteiger partial charge in [0.1, 0.15) is 4.88 Å². The smallest absolute Gasteiger partial charge is 0.350 e. The number of nitrogens with one attached hydrogen (secondary N) is 1.